The van der Waals surface area contributed by atoms with Crippen molar-refractivity contribution >= 4 is 6.03 Å². The normalized spacial score (nSPS) is 23.5. The molecule has 1 aliphatic carbocycles. The van der Waals surface area contributed by atoms with Crippen LogP contribution in [0, 0.1) is 0 Å². The summed E-state index contributed by atoms with van der Waals surface area (Å²) >= 11 is 0. The fourth-order valence-corrected chi connectivity index (χ4v) is 3.14. The SMILES string of the molecule is CN(C)CCN(C[C@@H]1CCCO1)C(=O)NC1CCCCC1. The van der Waals surface area contributed by atoms with Gasteiger partial charge in [0.15, 0.2) is 0 Å². The standard InChI is InChI=1S/C16H31N3O2/c1-18(2)10-11-19(13-15-9-6-12-21-15)16(20)17-14-7-4-3-5-8-14/h14-15H,3-13H2,1-2H3,(H,17,20)/t15-/m0/s1. The van der Waals surface area contributed by atoms with Gasteiger partial charge in [0.2, 0.25) is 0 Å². The molecule has 2 fully saturated rings. The third-order valence-corrected chi connectivity index (χ3v) is 4.49. The van der Waals surface area contributed by atoms with Crippen LogP contribution in [0.5, 0.6) is 0 Å². The lowest BCUT2D eigenvalue weighted by atomic mass is 9.96. The predicted octanol–water partition coefficient (Wildman–Crippen LogP) is 2.07. The second-order valence-corrected chi connectivity index (χ2v) is 6.67. The number of rotatable bonds is 6. The molecule has 0 aromatic carbocycles. The maximum atomic E-state index is 12.6. The summed E-state index contributed by atoms with van der Waals surface area (Å²) in [6, 6.07) is 0.469. The van der Waals surface area contributed by atoms with Crippen LogP contribution in [0.4, 0.5) is 4.79 Å². The molecule has 0 aromatic heterocycles. The Hall–Kier alpha value is -0.810. The number of nitrogens with one attached hydrogen (secondary N) is 1. The Morgan fingerprint density at radius 2 is 1.86 bits per heavy atom. The highest BCUT2D eigenvalue weighted by Gasteiger charge is 2.24. The maximum absolute atomic E-state index is 12.6. The molecular weight excluding hydrogens is 266 g/mol. The Balaban J connectivity index is 1.83. The van der Waals surface area contributed by atoms with E-state index in [4.69, 9.17) is 4.74 Å². The molecule has 2 aliphatic rings. The van der Waals surface area contributed by atoms with Crippen molar-refractivity contribution in [3.63, 3.8) is 0 Å². The van der Waals surface area contributed by atoms with E-state index in [1.807, 2.05) is 19.0 Å². The summed E-state index contributed by atoms with van der Waals surface area (Å²) in [5.41, 5.74) is 0. The van der Waals surface area contributed by atoms with Crippen molar-refractivity contribution in [1.82, 2.24) is 15.1 Å². The van der Waals surface area contributed by atoms with Crippen LogP contribution in [-0.4, -0.2) is 68.3 Å². The lowest BCUT2D eigenvalue weighted by Crippen LogP contribution is -2.49. The van der Waals surface area contributed by atoms with Crippen molar-refractivity contribution < 1.29 is 9.53 Å². The van der Waals surface area contributed by atoms with E-state index in [9.17, 15) is 4.79 Å². The van der Waals surface area contributed by atoms with Crippen LogP contribution in [-0.2, 0) is 4.74 Å². The number of urea groups is 1. The van der Waals surface area contributed by atoms with Crippen LogP contribution in [0.25, 0.3) is 0 Å². The number of hydrogen-bond acceptors (Lipinski definition) is 3. The van der Waals surface area contributed by atoms with Crippen LogP contribution in [0.1, 0.15) is 44.9 Å². The third kappa shape index (κ3) is 5.83. The minimum absolute atomic E-state index is 0.0965. The van der Waals surface area contributed by atoms with Gasteiger partial charge in [-0.2, -0.15) is 0 Å². The zero-order chi connectivity index (χ0) is 15.1. The molecule has 5 nitrogen and oxygen atoms in total. The highest BCUT2D eigenvalue weighted by Crippen LogP contribution is 2.18. The first-order chi connectivity index (χ1) is 10.1. The summed E-state index contributed by atoms with van der Waals surface area (Å²) in [6.07, 6.45) is 8.49. The topological polar surface area (TPSA) is 44.8 Å². The molecule has 1 atom stereocenters. The van der Waals surface area contributed by atoms with Gasteiger partial charge in [0.1, 0.15) is 0 Å². The summed E-state index contributed by atoms with van der Waals surface area (Å²) < 4.78 is 5.70. The zero-order valence-electron chi connectivity index (χ0n) is 13.6. The second kappa shape index (κ2) is 8.59. The molecule has 5 heteroatoms. The first kappa shape index (κ1) is 16.6. The molecule has 2 amide bonds. The third-order valence-electron chi connectivity index (χ3n) is 4.49. The van der Waals surface area contributed by atoms with Gasteiger partial charge in [0, 0.05) is 32.3 Å². The minimum atomic E-state index is 0.0965. The molecule has 1 saturated carbocycles. The Bertz CT molecular complexity index is 311. The Morgan fingerprint density at radius 3 is 2.48 bits per heavy atom. The average Bonchev–Trinajstić information content (AvgIpc) is 2.97. The Labute approximate surface area is 129 Å². The largest absolute Gasteiger partial charge is 0.376 e. The van der Waals surface area contributed by atoms with Gasteiger partial charge in [-0.1, -0.05) is 19.3 Å². The Kier molecular flexibility index (Phi) is 6.77. The van der Waals surface area contributed by atoms with E-state index < -0.39 is 0 Å². The van der Waals surface area contributed by atoms with Crippen molar-refractivity contribution in [2.24, 2.45) is 0 Å². The van der Waals surface area contributed by atoms with Gasteiger partial charge in [0.25, 0.3) is 0 Å². The fraction of sp³-hybridized carbons (Fsp3) is 0.938. The number of ether oxygens (including phenoxy) is 1. The quantitative estimate of drug-likeness (QED) is 0.816. The molecule has 1 heterocycles. The zero-order valence-corrected chi connectivity index (χ0v) is 13.6. The summed E-state index contributed by atoms with van der Waals surface area (Å²) in [7, 11) is 4.09. The van der Waals surface area contributed by atoms with Crippen LogP contribution < -0.4 is 5.32 Å². The van der Waals surface area contributed by atoms with Gasteiger partial charge in [-0.3, -0.25) is 0 Å². The molecule has 2 rings (SSSR count). The summed E-state index contributed by atoms with van der Waals surface area (Å²) in [5, 5.41) is 3.23. The van der Waals surface area contributed by atoms with Crippen molar-refractivity contribution in [3.8, 4) is 0 Å². The van der Waals surface area contributed by atoms with E-state index in [1.54, 1.807) is 0 Å². The number of hydrogen-bond donors (Lipinski definition) is 1. The monoisotopic (exact) mass is 297 g/mol. The first-order valence-corrected chi connectivity index (χ1v) is 8.47. The number of carbonyl (C=O) groups is 1. The van der Waals surface area contributed by atoms with E-state index in [0.717, 1.165) is 51.9 Å². The highest BCUT2D eigenvalue weighted by molar-refractivity contribution is 5.74. The van der Waals surface area contributed by atoms with Gasteiger partial charge in [0.05, 0.1) is 6.10 Å². The smallest absolute Gasteiger partial charge is 0.317 e. The highest BCUT2D eigenvalue weighted by atomic mass is 16.5. The van der Waals surface area contributed by atoms with E-state index >= 15 is 0 Å². The van der Waals surface area contributed by atoms with Gasteiger partial charge in [-0.15, -0.1) is 0 Å². The molecular formula is C16H31N3O2. The number of amides is 2. The average molecular weight is 297 g/mol. The minimum Gasteiger partial charge on any atom is -0.376 e. The maximum Gasteiger partial charge on any atom is 0.317 e. The van der Waals surface area contributed by atoms with Gasteiger partial charge in [-0.05, 0) is 39.8 Å². The molecule has 1 N–H and O–H groups in total. The molecule has 0 unspecified atom stereocenters. The molecule has 0 spiro atoms. The van der Waals surface area contributed by atoms with Crippen molar-refractivity contribution in [2.45, 2.75) is 57.1 Å². The summed E-state index contributed by atoms with van der Waals surface area (Å²) in [5.74, 6) is 0. The molecule has 0 bridgehead atoms. The first-order valence-electron chi connectivity index (χ1n) is 8.47. The Morgan fingerprint density at radius 1 is 1.10 bits per heavy atom. The lowest BCUT2D eigenvalue weighted by molar-refractivity contribution is 0.0787. The van der Waals surface area contributed by atoms with Crippen LogP contribution in [0.2, 0.25) is 0 Å². The van der Waals surface area contributed by atoms with E-state index in [0.29, 0.717) is 6.04 Å². The van der Waals surface area contributed by atoms with Crippen molar-refractivity contribution in [1.29, 1.82) is 0 Å². The lowest BCUT2D eigenvalue weighted by Gasteiger charge is -2.30. The van der Waals surface area contributed by atoms with Gasteiger partial charge >= 0.3 is 6.03 Å². The van der Waals surface area contributed by atoms with Crippen LogP contribution >= 0.6 is 0 Å². The molecule has 0 aromatic rings. The van der Waals surface area contributed by atoms with Crippen LogP contribution in [0.3, 0.4) is 0 Å². The van der Waals surface area contributed by atoms with Crippen molar-refractivity contribution in [2.75, 3.05) is 40.3 Å². The van der Waals surface area contributed by atoms with E-state index in [2.05, 4.69) is 10.2 Å². The van der Waals surface area contributed by atoms with Gasteiger partial charge < -0.3 is 19.9 Å². The molecule has 122 valence electrons. The second-order valence-electron chi connectivity index (χ2n) is 6.67. The summed E-state index contributed by atoms with van der Waals surface area (Å²) in [6.45, 7) is 3.24. The van der Waals surface area contributed by atoms with E-state index in [-0.39, 0.29) is 12.1 Å². The van der Waals surface area contributed by atoms with E-state index in [1.165, 1.54) is 19.3 Å². The summed E-state index contributed by atoms with van der Waals surface area (Å²) in [4.78, 5) is 16.6. The number of likely N-dealkylation sites (N-methyl/N-ethyl adjacent to an activating group) is 1. The molecule has 1 saturated heterocycles. The molecule has 1 aliphatic heterocycles. The van der Waals surface area contributed by atoms with Gasteiger partial charge in [-0.25, -0.2) is 4.79 Å². The van der Waals surface area contributed by atoms with Crippen molar-refractivity contribution in [3.05, 3.63) is 0 Å². The van der Waals surface area contributed by atoms with Crippen LogP contribution in [0.15, 0.2) is 0 Å². The number of nitrogens with zero attached hydrogens (tertiary/aromatic N) is 2. The molecule has 21 heavy (non-hydrogen) atoms. The predicted molar refractivity (Wildman–Crippen MR) is 84.5 cm³/mol. The molecule has 0 radical (unpaired) electrons. The fourth-order valence-electron chi connectivity index (χ4n) is 3.14. The number of carbonyl (C=O) groups excluding carboxylic acids is 1.